The van der Waals surface area contributed by atoms with Gasteiger partial charge in [0.15, 0.2) is 0 Å². The number of rotatable bonds is 9. The van der Waals surface area contributed by atoms with Gasteiger partial charge in [0.25, 0.3) is 5.92 Å². The molecule has 50 heavy (non-hydrogen) atoms. The maximum absolute atomic E-state index is 13.8. The van der Waals surface area contributed by atoms with Crippen LogP contribution in [0.1, 0.15) is 60.2 Å². The molecule has 0 N–H and O–H groups in total. The summed E-state index contributed by atoms with van der Waals surface area (Å²) in [4.78, 5) is 36.6. The highest BCUT2D eigenvalue weighted by Crippen LogP contribution is 2.50. The van der Waals surface area contributed by atoms with Crippen molar-refractivity contribution >= 4 is 18.0 Å². The molecule has 0 spiro atoms. The van der Waals surface area contributed by atoms with Gasteiger partial charge in [0.2, 0.25) is 5.95 Å². The third-order valence-electron chi connectivity index (χ3n) is 8.95. The summed E-state index contributed by atoms with van der Waals surface area (Å²) in [7, 11) is 1.41. The summed E-state index contributed by atoms with van der Waals surface area (Å²) in [6.07, 6.45) is -10.9. The zero-order chi connectivity index (χ0) is 36.3. The lowest BCUT2D eigenvalue weighted by Crippen LogP contribution is -2.57. The Labute approximate surface area is 280 Å². The van der Waals surface area contributed by atoms with E-state index < -0.39 is 66.3 Å². The van der Waals surface area contributed by atoms with Crippen molar-refractivity contribution < 1.29 is 58.9 Å². The summed E-state index contributed by atoms with van der Waals surface area (Å²) in [5, 5.41) is 0. The Kier molecular flexibility index (Phi) is 8.83. The van der Waals surface area contributed by atoms with Crippen LogP contribution < -0.4 is 9.64 Å². The molecule has 3 fully saturated rings. The predicted molar refractivity (Wildman–Crippen MR) is 159 cm³/mol. The van der Waals surface area contributed by atoms with Crippen molar-refractivity contribution in [2.45, 2.75) is 63.2 Å². The highest BCUT2D eigenvalue weighted by molar-refractivity contribution is 5.79. The number of anilines is 1. The molecule has 2 saturated heterocycles. The average molecular weight is 715 g/mol. The number of carbonyl (C=O) groups is 2. The van der Waals surface area contributed by atoms with Gasteiger partial charge in [-0.1, -0.05) is 6.07 Å². The van der Waals surface area contributed by atoms with Crippen LogP contribution in [-0.4, -0.2) is 65.7 Å². The highest BCUT2D eigenvalue weighted by atomic mass is 19.4. The van der Waals surface area contributed by atoms with Crippen LogP contribution in [0.2, 0.25) is 0 Å². The Balaban J connectivity index is 1.37. The van der Waals surface area contributed by atoms with Crippen LogP contribution in [0.3, 0.4) is 0 Å². The number of cyclic esters (lactones) is 1. The Hall–Kier alpha value is -4.70. The normalized spacial score (nSPS) is 23.0. The van der Waals surface area contributed by atoms with Crippen molar-refractivity contribution in [3.63, 3.8) is 0 Å². The van der Waals surface area contributed by atoms with Crippen molar-refractivity contribution in [2.75, 3.05) is 31.7 Å². The van der Waals surface area contributed by atoms with E-state index in [2.05, 4.69) is 9.97 Å². The molecular formula is C33H30F8N4O5. The first-order chi connectivity index (χ1) is 23.4. The van der Waals surface area contributed by atoms with Gasteiger partial charge >= 0.3 is 24.4 Å². The van der Waals surface area contributed by atoms with Crippen molar-refractivity contribution in [1.82, 2.24) is 14.9 Å². The van der Waals surface area contributed by atoms with E-state index in [-0.39, 0.29) is 48.7 Å². The van der Waals surface area contributed by atoms with Gasteiger partial charge in [-0.2, -0.15) is 26.3 Å². The van der Waals surface area contributed by atoms with Gasteiger partial charge in [-0.15, -0.1) is 0 Å². The molecule has 1 amide bonds. The SMILES string of the molecule is CCOC(=O)[C@H]1C[C@@H]1c1ccc(OC)c(-c2cnc(N3CC(F)(F)C3)nc2CN2C(=O)O[C@H](c3cc(C(F)(F)F)cc(C(F)(F)F)c3)[C@@H]2C)c1. The van der Waals surface area contributed by atoms with Crippen molar-refractivity contribution in [3.05, 3.63) is 70.5 Å². The zero-order valence-electron chi connectivity index (χ0n) is 26.7. The van der Waals surface area contributed by atoms with Gasteiger partial charge in [-0.3, -0.25) is 9.69 Å². The molecule has 268 valence electrons. The quantitative estimate of drug-likeness (QED) is 0.167. The Morgan fingerprint density at radius 2 is 1.66 bits per heavy atom. The second-order valence-electron chi connectivity index (χ2n) is 12.4. The number of halogens is 8. The number of benzene rings is 2. The fraction of sp³-hybridized carbons (Fsp3) is 0.455. The van der Waals surface area contributed by atoms with E-state index in [1.54, 1.807) is 25.1 Å². The Bertz CT molecular complexity index is 1780. The standard InChI is InChI=1S/C33H30F8N4O5/c1-4-49-28(46)23-11-21(23)17-5-6-26(48-3)22(9-17)24-12-42-29(44-14-31(34,35)15-44)43-25(24)13-45-16(2)27(50-30(45)47)18-7-19(32(36,37)38)10-20(8-18)33(39,40)41/h5-10,12,16,21,23,27H,4,11,13-15H2,1-3H3/t16-,21+,23-,27-/m0/s1. The van der Waals surface area contributed by atoms with Gasteiger partial charge in [0, 0.05) is 17.3 Å². The zero-order valence-corrected chi connectivity index (χ0v) is 26.7. The minimum Gasteiger partial charge on any atom is -0.496 e. The molecule has 17 heteroatoms. The number of esters is 1. The number of alkyl halides is 8. The van der Waals surface area contributed by atoms with Gasteiger partial charge in [-0.25, -0.2) is 23.5 Å². The Morgan fingerprint density at radius 3 is 2.24 bits per heavy atom. The smallest absolute Gasteiger partial charge is 0.416 e. The monoisotopic (exact) mass is 714 g/mol. The molecule has 9 nitrogen and oxygen atoms in total. The molecule has 0 unspecified atom stereocenters. The molecular weight excluding hydrogens is 684 g/mol. The second-order valence-corrected chi connectivity index (χ2v) is 12.4. The van der Waals surface area contributed by atoms with Crippen molar-refractivity contribution in [3.8, 4) is 16.9 Å². The summed E-state index contributed by atoms with van der Waals surface area (Å²) in [6, 6.07) is 5.07. The summed E-state index contributed by atoms with van der Waals surface area (Å²) >= 11 is 0. The number of ether oxygens (including phenoxy) is 3. The molecule has 1 saturated carbocycles. The lowest BCUT2D eigenvalue weighted by Gasteiger charge is -2.38. The molecule has 1 aromatic heterocycles. The maximum Gasteiger partial charge on any atom is 0.416 e. The molecule has 1 aliphatic carbocycles. The first kappa shape index (κ1) is 35.1. The fourth-order valence-corrected chi connectivity index (χ4v) is 6.26. The maximum atomic E-state index is 13.8. The van der Waals surface area contributed by atoms with E-state index in [0.717, 1.165) is 10.5 Å². The molecule has 4 atom stereocenters. The predicted octanol–water partition coefficient (Wildman–Crippen LogP) is 7.39. The van der Waals surface area contributed by atoms with E-state index in [1.165, 1.54) is 25.1 Å². The number of hydrogen-bond donors (Lipinski definition) is 0. The van der Waals surface area contributed by atoms with Crippen LogP contribution in [0.15, 0.2) is 42.6 Å². The van der Waals surface area contributed by atoms with E-state index in [9.17, 15) is 44.7 Å². The van der Waals surface area contributed by atoms with Crippen molar-refractivity contribution in [1.29, 1.82) is 0 Å². The minimum atomic E-state index is -5.12. The van der Waals surface area contributed by atoms with Gasteiger partial charge < -0.3 is 19.1 Å². The van der Waals surface area contributed by atoms with E-state index in [1.807, 2.05) is 0 Å². The second kappa shape index (κ2) is 12.6. The number of aromatic nitrogens is 2. The van der Waals surface area contributed by atoms with E-state index in [0.29, 0.717) is 35.4 Å². The van der Waals surface area contributed by atoms with Crippen LogP contribution in [0.25, 0.3) is 11.1 Å². The highest BCUT2D eigenvalue weighted by Gasteiger charge is 2.47. The number of hydrogen-bond acceptors (Lipinski definition) is 8. The first-order valence-electron chi connectivity index (χ1n) is 15.5. The largest absolute Gasteiger partial charge is 0.496 e. The molecule has 2 aromatic carbocycles. The van der Waals surface area contributed by atoms with Crippen LogP contribution in [0, 0.1) is 5.92 Å². The van der Waals surface area contributed by atoms with E-state index in [4.69, 9.17) is 14.2 Å². The van der Waals surface area contributed by atoms with Gasteiger partial charge in [0.1, 0.15) is 11.9 Å². The molecule has 0 bridgehead atoms. The van der Waals surface area contributed by atoms with Gasteiger partial charge in [0.05, 0.1) is 62.1 Å². The first-order valence-corrected chi connectivity index (χ1v) is 15.5. The number of methoxy groups -OCH3 is 1. The van der Waals surface area contributed by atoms with Crippen LogP contribution in [0.4, 0.5) is 45.9 Å². The van der Waals surface area contributed by atoms with Crippen LogP contribution in [-0.2, 0) is 33.2 Å². The summed E-state index contributed by atoms with van der Waals surface area (Å²) in [5.74, 6) is -3.57. The van der Waals surface area contributed by atoms with Crippen LogP contribution in [0.5, 0.6) is 5.75 Å². The van der Waals surface area contributed by atoms with Crippen LogP contribution >= 0.6 is 0 Å². The summed E-state index contributed by atoms with van der Waals surface area (Å²) in [6.45, 7) is 1.60. The number of nitrogens with zero attached hydrogens (tertiary/aromatic N) is 4. The third-order valence-corrected chi connectivity index (χ3v) is 8.95. The topological polar surface area (TPSA) is 94.1 Å². The van der Waals surface area contributed by atoms with Gasteiger partial charge in [-0.05, 0) is 67.6 Å². The summed E-state index contributed by atoms with van der Waals surface area (Å²) in [5.41, 5.74) is -2.04. The lowest BCUT2D eigenvalue weighted by atomic mass is 9.96. The molecule has 3 heterocycles. The molecule has 0 radical (unpaired) electrons. The average Bonchev–Trinajstić information content (AvgIpc) is 3.79. The number of carbonyl (C=O) groups excluding carboxylic acids is 2. The summed E-state index contributed by atoms with van der Waals surface area (Å²) < 4.78 is 125. The Morgan fingerprint density at radius 1 is 1.00 bits per heavy atom. The van der Waals surface area contributed by atoms with Crippen molar-refractivity contribution in [2.24, 2.45) is 5.92 Å². The molecule has 2 aliphatic heterocycles. The molecule has 3 aromatic rings. The molecule has 3 aliphatic rings. The number of amides is 1. The fourth-order valence-electron chi connectivity index (χ4n) is 6.26. The van der Waals surface area contributed by atoms with E-state index >= 15 is 0 Å². The lowest BCUT2D eigenvalue weighted by molar-refractivity contribution is -0.145. The molecule has 6 rings (SSSR count). The minimum absolute atomic E-state index is 0.0190. The third kappa shape index (κ3) is 6.86.